The van der Waals surface area contributed by atoms with Crippen molar-refractivity contribution in [1.29, 1.82) is 0 Å². The van der Waals surface area contributed by atoms with Gasteiger partial charge in [-0.3, -0.25) is 0 Å². The first kappa shape index (κ1) is 45.4. The molecule has 4 aromatic carbocycles. The summed E-state index contributed by atoms with van der Waals surface area (Å²) in [6, 6.07) is 29.7. The van der Waals surface area contributed by atoms with E-state index in [0.717, 1.165) is 0 Å². The van der Waals surface area contributed by atoms with E-state index < -0.39 is 0 Å². The van der Waals surface area contributed by atoms with Crippen LogP contribution in [0.3, 0.4) is 0 Å². The van der Waals surface area contributed by atoms with Crippen LogP contribution in [-0.2, 0) is 15.1 Å². The van der Waals surface area contributed by atoms with Crippen LogP contribution in [-0.4, -0.2) is 18.3 Å². The SMILES string of the molecule is CC1C=C(c2ccccc2)c2ccccc2[CH-]1.Cc1cc(C)c(-n2ccn(C3CCCC3)[cH-][cH-]2)c(C)c1.Cc1cc(C)c(-n2ccn(C3CCCC3)[cH-][cH-]2)c(C)c1.[Cl][Ru][Cl]. The number of aryl methyl sites for hydroxylation is 6. The van der Waals surface area contributed by atoms with Crippen molar-refractivity contribution in [3.63, 3.8) is 0 Å². The van der Waals surface area contributed by atoms with Gasteiger partial charge in [-0.05, 0) is 84.9 Å². The van der Waals surface area contributed by atoms with E-state index in [2.05, 4.69) is 208 Å². The van der Waals surface area contributed by atoms with Crippen molar-refractivity contribution in [3.8, 4) is 11.4 Å². The van der Waals surface area contributed by atoms with Gasteiger partial charge in [-0.25, -0.2) is 0 Å². The van der Waals surface area contributed by atoms with E-state index in [1.54, 1.807) is 0 Å². The van der Waals surface area contributed by atoms with Gasteiger partial charge < -0.3 is 18.3 Å². The molecule has 0 saturated heterocycles. The summed E-state index contributed by atoms with van der Waals surface area (Å²) in [7, 11) is 9.71. The summed E-state index contributed by atoms with van der Waals surface area (Å²) in [5, 5.41) is 0. The molecule has 2 heterocycles. The minimum atomic E-state index is -0.346. The third-order valence-electron chi connectivity index (χ3n) is 12.1. The molecule has 0 amide bonds. The Hall–Kier alpha value is -4.15. The topological polar surface area (TPSA) is 19.7 Å². The number of benzene rings is 4. The van der Waals surface area contributed by atoms with Crippen molar-refractivity contribution in [2.45, 2.75) is 112 Å². The fraction of sp³-hybridized carbons (Fsp3) is 0.340. The van der Waals surface area contributed by atoms with Crippen LogP contribution in [0.25, 0.3) is 16.9 Å². The molecule has 4 nitrogen and oxygen atoms in total. The summed E-state index contributed by atoms with van der Waals surface area (Å²) in [6.45, 7) is 15.3. The fourth-order valence-electron chi connectivity index (χ4n) is 9.58. The molecule has 1 unspecified atom stereocenters. The third kappa shape index (κ3) is 11.8. The number of hydrogen-bond donors (Lipinski definition) is 0. The second kappa shape index (κ2) is 22.1. The van der Waals surface area contributed by atoms with E-state index in [-0.39, 0.29) is 15.1 Å². The van der Waals surface area contributed by atoms with E-state index in [9.17, 15) is 0 Å². The van der Waals surface area contributed by atoms with Gasteiger partial charge in [0, 0.05) is 0 Å². The molecular formula is C53H63Cl2N4Ru-5. The Kier molecular flexibility index (Phi) is 16.7. The van der Waals surface area contributed by atoms with Gasteiger partial charge in [0.15, 0.2) is 0 Å². The average molecular weight is 928 g/mol. The number of hydrogen-bond acceptors (Lipinski definition) is 0. The zero-order chi connectivity index (χ0) is 42.6. The first-order valence-electron chi connectivity index (χ1n) is 21.6. The van der Waals surface area contributed by atoms with Crippen molar-refractivity contribution in [3.05, 3.63) is 191 Å². The third-order valence-corrected chi connectivity index (χ3v) is 12.1. The van der Waals surface area contributed by atoms with Gasteiger partial charge in [-0.2, -0.15) is 67.6 Å². The molecule has 322 valence electrons. The molecule has 0 bridgehead atoms. The van der Waals surface area contributed by atoms with Crippen LogP contribution in [0.1, 0.15) is 120 Å². The predicted molar refractivity (Wildman–Crippen MR) is 253 cm³/mol. The van der Waals surface area contributed by atoms with Crippen molar-refractivity contribution in [1.82, 2.24) is 18.3 Å². The van der Waals surface area contributed by atoms with Crippen LogP contribution in [0.15, 0.2) is 135 Å². The fourth-order valence-corrected chi connectivity index (χ4v) is 9.58. The summed E-state index contributed by atoms with van der Waals surface area (Å²) >= 11 is -0.346. The Balaban J connectivity index is 0.000000146. The zero-order valence-electron chi connectivity index (χ0n) is 36.6. The van der Waals surface area contributed by atoms with E-state index in [0.29, 0.717) is 18.0 Å². The Labute approximate surface area is 376 Å². The second-order valence-corrected chi connectivity index (χ2v) is 19.5. The maximum absolute atomic E-state index is 4.85. The zero-order valence-corrected chi connectivity index (χ0v) is 39.8. The number of fused-ring (bicyclic) bond motifs is 1. The molecule has 60 heavy (non-hydrogen) atoms. The second-order valence-electron chi connectivity index (χ2n) is 16.9. The van der Waals surface area contributed by atoms with Crippen LogP contribution in [0.4, 0.5) is 0 Å². The maximum atomic E-state index is 4.85. The van der Waals surface area contributed by atoms with E-state index in [4.69, 9.17) is 19.4 Å². The Morgan fingerprint density at radius 2 is 0.967 bits per heavy atom. The molecule has 3 aliphatic carbocycles. The number of allylic oxidation sites excluding steroid dienone is 1. The molecule has 3 aliphatic rings. The number of halogens is 2. The number of nitrogens with zero attached hydrogens (tertiary/aromatic N) is 4. The quantitative estimate of drug-likeness (QED) is 0.121. The summed E-state index contributed by atoms with van der Waals surface area (Å²) in [4.78, 5) is 0. The van der Waals surface area contributed by atoms with Crippen molar-refractivity contribution in [2.24, 2.45) is 5.92 Å². The first-order valence-corrected chi connectivity index (χ1v) is 26.1. The molecule has 0 spiro atoms. The molecule has 0 N–H and O–H groups in total. The molecule has 1 atom stereocenters. The van der Waals surface area contributed by atoms with Gasteiger partial charge in [-0.1, -0.05) is 156 Å². The molecule has 0 radical (unpaired) electrons. The van der Waals surface area contributed by atoms with E-state index >= 15 is 0 Å². The van der Waals surface area contributed by atoms with E-state index in [1.165, 1.54) is 118 Å². The molecule has 2 saturated carbocycles. The van der Waals surface area contributed by atoms with Crippen LogP contribution in [0, 0.1) is 53.9 Å². The molecule has 2 fully saturated rings. The standard InChI is InChI=1S/2C18H24N2.C17H15.2ClH.Ru/c2*1-14-12-15(2)18(16(3)13-14)20-10-8-19(9-11-20)17-6-4-5-7-17;1-13-11-15-9-5-6-10-16(15)17(12-13)14-7-3-2-4-8-14;;;/h2*8-13,17H,4-7H2,1-3H3;2-13H,1H3;2*1H;/q2*-2;-1;;;+2/p-2. The normalized spacial score (nSPS) is 15.9. The monoisotopic (exact) mass is 927 g/mol. The van der Waals surface area contributed by atoms with Gasteiger partial charge in [0.2, 0.25) is 0 Å². The van der Waals surface area contributed by atoms with Crippen LogP contribution < -0.4 is 0 Å². The van der Waals surface area contributed by atoms with Crippen molar-refractivity contribution >= 4 is 25.0 Å². The Bertz CT molecular complexity index is 2170. The molecule has 0 aliphatic heterocycles. The Morgan fingerprint density at radius 1 is 0.550 bits per heavy atom. The molecule has 6 aromatic rings. The molecular weight excluding hydrogens is 865 g/mol. The van der Waals surface area contributed by atoms with Gasteiger partial charge in [0.05, 0.1) is 0 Å². The summed E-state index contributed by atoms with van der Waals surface area (Å²) in [5.41, 5.74) is 16.0. The number of aromatic nitrogens is 4. The molecule has 9 rings (SSSR count). The van der Waals surface area contributed by atoms with Crippen LogP contribution >= 0.6 is 19.4 Å². The van der Waals surface area contributed by atoms with Gasteiger partial charge >= 0.3 is 34.5 Å². The molecule has 7 heteroatoms. The van der Waals surface area contributed by atoms with Gasteiger partial charge in [0.1, 0.15) is 0 Å². The summed E-state index contributed by atoms with van der Waals surface area (Å²) in [5.74, 6) is 0.500. The minimum absolute atomic E-state index is 0.346. The van der Waals surface area contributed by atoms with Gasteiger partial charge in [-0.15, -0.1) is 17.7 Å². The van der Waals surface area contributed by atoms with Gasteiger partial charge in [0.25, 0.3) is 0 Å². The predicted octanol–water partition coefficient (Wildman–Crippen LogP) is 15.5. The van der Waals surface area contributed by atoms with E-state index in [1.807, 2.05) is 0 Å². The van der Waals surface area contributed by atoms with Crippen LogP contribution in [0.5, 0.6) is 0 Å². The van der Waals surface area contributed by atoms with Crippen molar-refractivity contribution < 1.29 is 15.1 Å². The first-order chi connectivity index (χ1) is 29.1. The molecule has 2 aromatic heterocycles. The summed E-state index contributed by atoms with van der Waals surface area (Å²) < 4.78 is 9.25. The van der Waals surface area contributed by atoms with Crippen molar-refractivity contribution in [2.75, 3.05) is 0 Å². The number of rotatable bonds is 5. The Morgan fingerprint density at radius 3 is 1.38 bits per heavy atom. The summed E-state index contributed by atoms with van der Waals surface area (Å²) in [6.07, 6.45) is 33.2. The van der Waals surface area contributed by atoms with Crippen LogP contribution in [0.2, 0.25) is 0 Å². The average Bonchev–Trinajstić information content (AvgIpc) is 3.98.